The lowest BCUT2D eigenvalue weighted by molar-refractivity contribution is 0.293. The SMILES string of the molecule is CCNC(=NCCN1CCCCCC1)NC(C)C(C)C.I. The van der Waals surface area contributed by atoms with E-state index in [1.807, 2.05) is 0 Å². The zero-order valence-electron chi connectivity index (χ0n) is 14.3. The van der Waals surface area contributed by atoms with Gasteiger partial charge in [-0.3, -0.25) is 4.99 Å². The Hall–Kier alpha value is -0.0400. The van der Waals surface area contributed by atoms with E-state index in [1.165, 1.54) is 38.8 Å². The number of halogens is 1. The molecule has 0 spiro atoms. The largest absolute Gasteiger partial charge is 0.357 e. The number of aliphatic imine (C=N–C) groups is 1. The predicted molar refractivity (Wildman–Crippen MR) is 104 cm³/mol. The van der Waals surface area contributed by atoms with Crippen LogP contribution >= 0.6 is 24.0 Å². The van der Waals surface area contributed by atoms with Crippen molar-refractivity contribution >= 4 is 29.9 Å². The minimum atomic E-state index is 0. The van der Waals surface area contributed by atoms with Crippen LogP contribution in [0.3, 0.4) is 0 Å². The molecule has 0 aromatic heterocycles. The Morgan fingerprint density at radius 1 is 1.10 bits per heavy atom. The van der Waals surface area contributed by atoms with Gasteiger partial charge in [0.25, 0.3) is 0 Å². The lowest BCUT2D eigenvalue weighted by Gasteiger charge is -2.22. The molecule has 21 heavy (non-hydrogen) atoms. The molecule has 1 heterocycles. The van der Waals surface area contributed by atoms with Gasteiger partial charge in [-0.1, -0.05) is 26.7 Å². The van der Waals surface area contributed by atoms with E-state index in [4.69, 9.17) is 4.99 Å². The van der Waals surface area contributed by atoms with Gasteiger partial charge in [-0.25, -0.2) is 0 Å². The van der Waals surface area contributed by atoms with Crippen LogP contribution in [-0.4, -0.2) is 49.6 Å². The zero-order chi connectivity index (χ0) is 14.8. The van der Waals surface area contributed by atoms with Crippen LogP contribution in [0, 0.1) is 5.92 Å². The average molecular weight is 410 g/mol. The summed E-state index contributed by atoms with van der Waals surface area (Å²) in [5.74, 6) is 1.58. The second-order valence-corrected chi connectivity index (χ2v) is 6.19. The number of nitrogens with one attached hydrogen (secondary N) is 2. The van der Waals surface area contributed by atoms with Gasteiger partial charge < -0.3 is 15.5 Å². The summed E-state index contributed by atoms with van der Waals surface area (Å²) >= 11 is 0. The van der Waals surface area contributed by atoms with Crippen molar-refractivity contribution in [1.29, 1.82) is 0 Å². The molecule has 126 valence electrons. The molecule has 0 aliphatic carbocycles. The van der Waals surface area contributed by atoms with Gasteiger partial charge in [-0.15, -0.1) is 24.0 Å². The molecule has 1 aliphatic rings. The first-order valence-electron chi connectivity index (χ1n) is 8.40. The topological polar surface area (TPSA) is 39.7 Å². The van der Waals surface area contributed by atoms with Crippen LogP contribution in [-0.2, 0) is 0 Å². The number of rotatable bonds is 6. The molecule has 1 atom stereocenters. The van der Waals surface area contributed by atoms with E-state index in [0.717, 1.165) is 25.6 Å². The molecule has 0 aromatic carbocycles. The third kappa shape index (κ3) is 9.55. The maximum Gasteiger partial charge on any atom is 0.191 e. The predicted octanol–water partition coefficient (Wildman–Crippen LogP) is 3.08. The minimum absolute atomic E-state index is 0. The standard InChI is InChI=1S/C16H34N4.HI/c1-5-17-16(19-15(4)14(2)3)18-10-13-20-11-8-6-7-9-12-20;/h14-15H,5-13H2,1-4H3,(H2,17,18,19);1H. The zero-order valence-corrected chi connectivity index (χ0v) is 16.7. The second kappa shape index (κ2) is 12.5. The van der Waals surface area contributed by atoms with Gasteiger partial charge in [0.15, 0.2) is 5.96 Å². The maximum atomic E-state index is 4.71. The fourth-order valence-electron chi connectivity index (χ4n) is 2.37. The summed E-state index contributed by atoms with van der Waals surface area (Å²) in [6, 6.07) is 0.450. The molecule has 1 aliphatic heterocycles. The van der Waals surface area contributed by atoms with E-state index in [9.17, 15) is 0 Å². The fraction of sp³-hybridized carbons (Fsp3) is 0.938. The first kappa shape index (κ1) is 21.0. The Balaban J connectivity index is 0.00000400. The lowest BCUT2D eigenvalue weighted by atomic mass is 10.1. The third-order valence-corrected chi connectivity index (χ3v) is 4.09. The third-order valence-electron chi connectivity index (χ3n) is 4.09. The molecule has 0 aromatic rings. The normalized spacial score (nSPS) is 18.8. The van der Waals surface area contributed by atoms with Crippen molar-refractivity contribution in [2.24, 2.45) is 10.9 Å². The van der Waals surface area contributed by atoms with Crippen molar-refractivity contribution in [3.8, 4) is 0 Å². The van der Waals surface area contributed by atoms with Gasteiger partial charge in [0.1, 0.15) is 0 Å². The van der Waals surface area contributed by atoms with E-state index in [0.29, 0.717) is 12.0 Å². The van der Waals surface area contributed by atoms with Crippen molar-refractivity contribution in [2.45, 2.75) is 59.4 Å². The smallest absolute Gasteiger partial charge is 0.191 e. The second-order valence-electron chi connectivity index (χ2n) is 6.19. The molecule has 1 saturated heterocycles. The summed E-state index contributed by atoms with van der Waals surface area (Å²) in [5, 5.41) is 6.83. The molecule has 5 heteroatoms. The average Bonchev–Trinajstić information content (AvgIpc) is 2.67. The Labute approximate surface area is 148 Å². The van der Waals surface area contributed by atoms with Crippen molar-refractivity contribution in [3.05, 3.63) is 0 Å². The maximum absolute atomic E-state index is 4.71. The van der Waals surface area contributed by atoms with Crippen molar-refractivity contribution in [2.75, 3.05) is 32.7 Å². The molecular weight excluding hydrogens is 375 g/mol. The summed E-state index contributed by atoms with van der Waals surface area (Å²) < 4.78 is 0. The number of hydrogen-bond acceptors (Lipinski definition) is 2. The molecule has 0 radical (unpaired) electrons. The summed E-state index contributed by atoms with van der Waals surface area (Å²) in [7, 11) is 0. The van der Waals surface area contributed by atoms with E-state index in [1.54, 1.807) is 0 Å². The van der Waals surface area contributed by atoms with E-state index < -0.39 is 0 Å². The van der Waals surface area contributed by atoms with E-state index in [-0.39, 0.29) is 24.0 Å². The van der Waals surface area contributed by atoms with E-state index >= 15 is 0 Å². The van der Waals surface area contributed by atoms with Crippen LogP contribution < -0.4 is 10.6 Å². The quantitative estimate of drug-likeness (QED) is 0.402. The van der Waals surface area contributed by atoms with Crippen LogP contribution in [0.25, 0.3) is 0 Å². The van der Waals surface area contributed by atoms with Crippen LogP contribution in [0.1, 0.15) is 53.4 Å². The highest BCUT2D eigenvalue weighted by atomic mass is 127. The molecular formula is C16H35IN4. The summed E-state index contributed by atoms with van der Waals surface area (Å²) in [4.78, 5) is 7.27. The Bertz CT molecular complexity index is 273. The number of nitrogens with zero attached hydrogens (tertiary/aromatic N) is 2. The summed E-state index contributed by atoms with van der Waals surface area (Å²) in [6.45, 7) is 14.2. The van der Waals surface area contributed by atoms with Gasteiger partial charge in [-0.05, 0) is 45.7 Å². The summed E-state index contributed by atoms with van der Waals surface area (Å²) in [6.07, 6.45) is 5.50. The first-order valence-corrected chi connectivity index (χ1v) is 8.40. The highest BCUT2D eigenvalue weighted by Crippen LogP contribution is 2.08. The molecule has 1 fully saturated rings. The molecule has 0 amide bonds. The van der Waals surface area contributed by atoms with Gasteiger partial charge in [-0.2, -0.15) is 0 Å². The van der Waals surface area contributed by atoms with Crippen molar-refractivity contribution < 1.29 is 0 Å². The highest BCUT2D eigenvalue weighted by Gasteiger charge is 2.10. The van der Waals surface area contributed by atoms with Crippen molar-refractivity contribution in [1.82, 2.24) is 15.5 Å². The van der Waals surface area contributed by atoms with Crippen LogP contribution in [0.5, 0.6) is 0 Å². The van der Waals surface area contributed by atoms with Crippen molar-refractivity contribution in [3.63, 3.8) is 0 Å². The molecule has 1 rings (SSSR count). The van der Waals surface area contributed by atoms with Gasteiger partial charge in [0, 0.05) is 19.1 Å². The van der Waals surface area contributed by atoms with Gasteiger partial charge >= 0.3 is 0 Å². The minimum Gasteiger partial charge on any atom is -0.357 e. The molecule has 2 N–H and O–H groups in total. The van der Waals surface area contributed by atoms with E-state index in [2.05, 4.69) is 43.2 Å². The molecule has 1 unspecified atom stereocenters. The Kier molecular flexibility index (Phi) is 12.5. The molecule has 0 saturated carbocycles. The van der Waals surface area contributed by atoms with Gasteiger partial charge in [0.2, 0.25) is 0 Å². The monoisotopic (exact) mass is 410 g/mol. The fourth-order valence-corrected chi connectivity index (χ4v) is 2.37. The lowest BCUT2D eigenvalue weighted by Crippen LogP contribution is -2.44. The number of hydrogen-bond donors (Lipinski definition) is 2. The number of guanidine groups is 1. The Morgan fingerprint density at radius 3 is 2.24 bits per heavy atom. The van der Waals surface area contributed by atoms with Crippen LogP contribution in [0.15, 0.2) is 4.99 Å². The highest BCUT2D eigenvalue weighted by molar-refractivity contribution is 14.0. The summed E-state index contributed by atoms with van der Waals surface area (Å²) in [5.41, 5.74) is 0. The Morgan fingerprint density at radius 2 is 1.71 bits per heavy atom. The van der Waals surface area contributed by atoms with Crippen LogP contribution in [0.4, 0.5) is 0 Å². The molecule has 4 nitrogen and oxygen atoms in total. The first-order chi connectivity index (χ1) is 9.63. The van der Waals surface area contributed by atoms with Crippen LogP contribution in [0.2, 0.25) is 0 Å². The van der Waals surface area contributed by atoms with Gasteiger partial charge in [0.05, 0.1) is 6.54 Å². The molecule has 0 bridgehead atoms. The number of likely N-dealkylation sites (tertiary alicyclic amines) is 1.